The standard InChI is InChI=1S/C22H18N4O3S/c1-13-23-16-7-3-4-8-17(16)26(13)11-20(27)24-25-22(28)19-10-14-12-29-18-9-5-2-6-15(18)21(14)30-19/h2-10H,11-12H2,1H3,(H,24,27)(H,25,28). The van der Waals surface area contributed by atoms with Gasteiger partial charge in [-0.25, -0.2) is 4.98 Å². The van der Waals surface area contributed by atoms with Gasteiger partial charge in [0.25, 0.3) is 11.8 Å². The van der Waals surface area contributed by atoms with Crippen molar-refractivity contribution in [1.29, 1.82) is 0 Å². The highest BCUT2D eigenvalue weighted by Gasteiger charge is 2.22. The summed E-state index contributed by atoms with van der Waals surface area (Å²) in [4.78, 5) is 31.0. The number of benzene rings is 2. The van der Waals surface area contributed by atoms with Crippen molar-refractivity contribution >= 4 is 34.2 Å². The number of hydrogen-bond acceptors (Lipinski definition) is 5. The van der Waals surface area contributed by atoms with Crippen LogP contribution in [0.2, 0.25) is 0 Å². The Morgan fingerprint density at radius 1 is 1.13 bits per heavy atom. The molecule has 0 unspecified atom stereocenters. The molecule has 0 aliphatic carbocycles. The summed E-state index contributed by atoms with van der Waals surface area (Å²) in [7, 11) is 0. The summed E-state index contributed by atoms with van der Waals surface area (Å²) in [6.45, 7) is 2.34. The van der Waals surface area contributed by atoms with Crippen molar-refractivity contribution in [3.63, 3.8) is 0 Å². The molecule has 1 aliphatic rings. The first-order valence-corrected chi connectivity index (χ1v) is 10.3. The molecule has 5 rings (SSSR count). The first-order chi connectivity index (χ1) is 14.6. The average molecular weight is 418 g/mol. The summed E-state index contributed by atoms with van der Waals surface area (Å²) in [5.74, 6) is 0.870. The van der Waals surface area contributed by atoms with Gasteiger partial charge in [0.1, 0.15) is 24.7 Å². The Hall–Kier alpha value is -3.65. The minimum absolute atomic E-state index is 0.0643. The van der Waals surface area contributed by atoms with Crippen LogP contribution < -0.4 is 15.6 Å². The van der Waals surface area contributed by atoms with E-state index in [2.05, 4.69) is 15.8 Å². The van der Waals surface area contributed by atoms with Crippen LogP contribution in [0.25, 0.3) is 21.5 Å². The SMILES string of the molecule is Cc1nc2ccccc2n1CC(=O)NNC(=O)c1cc2c(s1)-c1ccccc1OC2. The molecule has 8 heteroatoms. The smallest absolute Gasteiger partial charge is 0.279 e. The lowest BCUT2D eigenvalue weighted by molar-refractivity contribution is -0.122. The summed E-state index contributed by atoms with van der Waals surface area (Å²) in [5, 5.41) is 0. The van der Waals surface area contributed by atoms with Gasteiger partial charge in [-0.05, 0) is 37.3 Å². The van der Waals surface area contributed by atoms with Gasteiger partial charge in [0.15, 0.2) is 0 Å². The number of para-hydroxylation sites is 3. The molecule has 3 heterocycles. The maximum Gasteiger partial charge on any atom is 0.279 e. The predicted octanol–water partition coefficient (Wildman–Crippen LogP) is 3.43. The molecular weight excluding hydrogens is 400 g/mol. The van der Waals surface area contributed by atoms with Gasteiger partial charge in [0.2, 0.25) is 0 Å². The van der Waals surface area contributed by atoms with Gasteiger partial charge in [-0.1, -0.05) is 24.3 Å². The highest BCUT2D eigenvalue weighted by atomic mass is 32.1. The Labute approximate surface area is 176 Å². The number of carbonyl (C=O) groups excluding carboxylic acids is 2. The van der Waals surface area contributed by atoms with Crippen LogP contribution in [0.5, 0.6) is 5.75 Å². The number of fused-ring (bicyclic) bond motifs is 4. The van der Waals surface area contributed by atoms with Crippen LogP contribution in [-0.2, 0) is 17.9 Å². The molecule has 0 atom stereocenters. The summed E-state index contributed by atoms with van der Waals surface area (Å²) < 4.78 is 7.56. The number of aryl methyl sites for hydroxylation is 1. The molecule has 0 saturated carbocycles. The lowest BCUT2D eigenvalue weighted by Gasteiger charge is -2.16. The highest BCUT2D eigenvalue weighted by Crippen LogP contribution is 2.42. The van der Waals surface area contributed by atoms with Gasteiger partial charge in [-0.15, -0.1) is 11.3 Å². The van der Waals surface area contributed by atoms with Crippen LogP contribution in [0.15, 0.2) is 54.6 Å². The molecule has 2 N–H and O–H groups in total. The van der Waals surface area contributed by atoms with Crippen molar-refractivity contribution in [2.75, 3.05) is 0 Å². The number of carbonyl (C=O) groups is 2. The number of hydrazine groups is 1. The largest absolute Gasteiger partial charge is 0.488 e. The molecule has 2 aromatic carbocycles. The van der Waals surface area contributed by atoms with Gasteiger partial charge in [-0.3, -0.25) is 20.4 Å². The summed E-state index contributed by atoms with van der Waals surface area (Å²) in [6, 6.07) is 17.2. The molecule has 0 bridgehead atoms. The first kappa shape index (κ1) is 18.4. The third-order valence-electron chi connectivity index (χ3n) is 5.01. The molecule has 2 aromatic heterocycles. The molecule has 0 saturated heterocycles. The van der Waals surface area contributed by atoms with E-state index in [9.17, 15) is 9.59 Å². The monoisotopic (exact) mass is 418 g/mol. The number of thiophene rings is 1. The average Bonchev–Trinajstić information content (AvgIpc) is 3.34. The number of nitrogens with one attached hydrogen (secondary N) is 2. The number of rotatable bonds is 3. The molecule has 7 nitrogen and oxygen atoms in total. The van der Waals surface area contributed by atoms with Crippen LogP contribution in [0.1, 0.15) is 21.1 Å². The van der Waals surface area contributed by atoms with Gasteiger partial charge < -0.3 is 9.30 Å². The molecule has 0 radical (unpaired) electrons. The minimum Gasteiger partial charge on any atom is -0.488 e. The number of aromatic nitrogens is 2. The van der Waals surface area contributed by atoms with Gasteiger partial charge in [-0.2, -0.15) is 0 Å². The Balaban J connectivity index is 1.27. The molecule has 0 fully saturated rings. The topological polar surface area (TPSA) is 85.3 Å². The van der Waals surface area contributed by atoms with E-state index in [-0.39, 0.29) is 18.4 Å². The second-order valence-corrected chi connectivity index (χ2v) is 8.04. The first-order valence-electron chi connectivity index (χ1n) is 9.46. The Morgan fingerprint density at radius 3 is 2.83 bits per heavy atom. The number of imidazole rings is 1. The zero-order valence-electron chi connectivity index (χ0n) is 16.1. The lowest BCUT2D eigenvalue weighted by atomic mass is 10.1. The Morgan fingerprint density at radius 2 is 1.93 bits per heavy atom. The zero-order valence-corrected chi connectivity index (χ0v) is 17.0. The van der Waals surface area contributed by atoms with E-state index in [0.29, 0.717) is 11.5 Å². The molecule has 1 aliphatic heterocycles. The Bertz CT molecular complexity index is 1290. The maximum absolute atomic E-state index is 12.6. The van der Waals surface area contributed by atoms with Crippen molar-refractivity contribution in [2.45, 2.75) is 20.1 Å². The normalized spacial score (nSPS) is 12.0. The van der Waals surface area contributed by atoms with Crippen molar-refractivity contribution in [3.8, 4) is 16.2 Å². The van der Waals surface area contributed by atoms with Crippen LogP contribution in [0.4, 0.5) is 0 Å². The van der Waals surface area contributed by atoms with E-state index < -0.39 is 0 Å². The van der Waals surface area contributed by atoms with Crippen LogP contribution in [0.3, 0.4) is 0 Å². The molecule has 0 spiro atoms. The van der Waals surface area contributed by atoms with E-state index in [1.54, 1.807) is 0 Å². The molecule has 2 amide bonds. The van der Waals surface area contributed by atoms with Crippen molar-refractivity contribution < 1.29 is 14.3 Å². The second kappa shape index (κ2) is 7.31. The third-order valence-corrected chi connectivity index (χ3v) is 6.22. The number of amides is 2. The van der Waals surface area contributed by atoms with E-state index in [1.807, 2.05) is 66.1 Å². The zero-order chi connectivity index (χ0) is 20.7. The molecule has 30 heavy (non-hydrogen) atoms. The van der Waals surface area contributed by atoms with Crippen LogP contribution in [-0.4, -0.2) is 21.4 Å². The van der Waals surface area contributed by atoms with E-state index >= 15 is 0 Å². The van der Waals surface area contributed by atoms with E-state index in [1.165, 1.54) is 11.3 Å². The van der Waals surface area contributed by atoms with Crippen LogP contribution in [0, 0.1) is 6.92 Å². The van der Waals surface area contributed by atoms with Gasteiger partial charge >= 0.3 is 0 Å². The fourth-order valence-corrected chi connectivity index (χ4v) is 4.67. The molecule has 150 valence electrons. The third kappa shape index (κ3) is 3.21. The number of ether oxygens (including phenoxy) is 1. The molecule has 4 aromatic rings. The lowest BCUT2D eigenvalue weighted by Crippen LogP contribution is -2.43. The number of hydrogen-bond donors (Lipinski definition) is 2. The summed E-state index contributed by atoms with van der Waals surface area (Å²) in [5.41, 5.74) is 8.67. The quantitative estimate of drug-likeness (QED) is 0.499. The van der Waals surface area contributed by atoms with E-state index in [0.717, 1.165) is 38.6 Å². The Kier molecular flexibility index (Phi) is 4.48. The van der Waals surface area contributed by atoms with Crippen molar-refractivity contribution in [3.05, 3.63) is 70.9 Å². The number of nitrogens with zero attached hydrogens (tertiary/aromatic N) is 2. The van der Waals surface area contributed by atoms with Crippen molar-refractivity contribution in [2.24, 2.45) is 0 Å². The fraction of sp³-hybridized carbons (Fsp3) is 0.136. The second-order valence-electron chi connectivity index (χ2n) is 6.99. The van der Waals surface area contributed by atoms with Crippen molar-refractivity contribution in [1.82, 2.24) is 20.4 Å². The van der Waals surface area contributed by atoms with Crippen LogP contribution >= 0.6 is 11.3 Å². The summed E-state index contributed by atoms with van der Waals surface area (Å²) >= 11 is 1.39. The predicted molar refractivity (Wildman–Crippen MR) is 114 cm³/mol. The summed E-state index contributed by atoms with van der Waals surface area (Å²) in [6.07, 6.45) is 0. The highest BCUT2D eigenvalue weighted by molar-refractivity contribution is 7.17. The van der Waals surface area contributed by atoms with Gasteiger partial charge in [0, 0.05) is 16.0 Å². The van der Waals surface area contributed by atoms with Gasteiger partial charge in [0.05, 0.1) is 15.9 Å². The minimum atomic E-state index is -0.354. The van der Waals surface area contributed by atoms with E-state index in [4.69, 9.17) is 4.74 Å². The fourth-order valence-electron chi connectivity index (χ4n) is 3.58. The molecular formula is C22H18N4O3S. The maximum atomic E-state index is 12.6.